The predicted molar refractivity (Wildman–Crippen MR) is 126 cm³/mol. The Bertz CT molecular complexity index is 1210. The van der Waals surface area contributed by atoms with Crippen LogP contribution in [0.2, 0.25) is 0 Å². The summed E-state index contributed by atoms with van der Waals surface area (Å²) in [4.78, 5) is 36.4. The van der Waals surface area contributed by atoms with E-state index in [2.05, 4.69) is 27.9 Å². The second-order valence-corrected chi connectivity index (χ2v) is 8.18. The van der Waals surface area contributed by atoms with Crippen molar-refractivity contribution in [2.45, 2.75) is 24.9 Å². The molecule has 0 saturated heterocycles. The first-order valence-corrected chi connectivity index (χ1v) is 11.1. The van der Waals surface area contributed by atoms with Gasteiger partial charge in [0.05, 0.1) is 24.0 Å². The van der Waals surface area contributed by atoms with Gasteiger partial charge in [-0.3, -0.25) is 9.48 Å². The zero-order valence-electron chi connectivity index (χ0n) is 19.1. The third-order valence-corrected chi connectivity index (χ3v) is 6.07. The number of rotatable bonds is 9. The monoisotopic (exact) mass is 478 g/mol. The van der Waals surface area contributed by atoms with Gasteiger partial charge in [0.1, 0.15) is 12.6 Å². The number of aliphatic hydroxyl groups is 1. The normalized spacial score (nSPS) is 13.0. The van der Waals surface area contributed by atoms with Gasteiger partial charge >= 0.3 is 12.1 Å². The van der Waals surface area contributed by atoms with Crippen LogP contribution in [0.15, 0.2) is 54.7 Å². The first-order chi connectivity index (χ1) is 16.9. The van der Waals surface area contributed by atoms with Crippen molar-refractivity contribution in [3.63, 3.8) is 0 Å². The molecule has 4 rings (SSSR count). The Morgan fingerprint density at radius 1 is 1.09 bits per heavy atom. The fraction of sp³-hybridized carbons (Fsp3) is 0.280. The Kier molecular flexibility index (Phi) is 7.11. The highest BCUT2D eigenvalue weighted by atomic mass is 16.5. The van der Waals surface area contributed by atoms with Crippen LogP contribution in [-0.2, 0) is 23.1 Å². The van der Waals surface area contributed by atoms with Crippen LogP contribution in [0.4, 0.5) is 4.79 Å². The molecule has 10 nitrogen and oxygen atoms in total. The second kappa shape index (κ2) is 10.4. The Labute approximate surface area is 201 Å². The van der Waals surface area contributed by atoms with Gasteiger partial charge in [0.25, 0.3) is 5.91 Å². The number of nitrogens with zero attached hydrogens (tertiary/aromatic N) is 2. The average Bonchev–Trinajstić information content (AvgIpc) is 3.38. The maximum Gasteiger partial charge on any atom is 0.407 e. The molecule has 1 aromatic heterocycles. The molecule has 182 valence electrons. The molecule has 35 heavy (non-hydrogen) atoms. The molecule has 1 heterocycles. The zero-order chi connectivity index (χ0) is 24.9. The molecule has 3 aromatic rings. The van der Waals surface area contributed by atoms with Crippen molar-refractivity contribution in [2.75, 3.05) is 13.2 Å². The number of ether oxygens (including phenoxy) is 1. The number of carboxylic acids is 1. The largest absolute Gasteiger partial charge is 0.480 e. The van der Waals surface area contributed by atoms with Gasteiger partial charge in [0.15, 0.2) is 0 Å². The molecule has 1 aliphatic rings. The summed E-state index contributed by atoms with van der Waals surface area (Å²) < 4.78 is 6.94. The number of hydrogen-bond acceptors (Lipinski definition) is 6. The van der Waals surface area contributed by atoms with Crippen molar-refractivity contribution < 1.29 is 29.3 Å². The predicted octanol–water partition coefficient (Wildman–Crippen LogP) is 2.02. The van der Waals surface area contributed by atoms with E-state index in [0.29, 0.717) is 5.69 Å². The van der Waals surface area contributed by atoms with Crippen LogP contribution in [0.1, 0.15) is 39.5 Å². The van der Waals surface area contributed by atoms with Gasteiger partial charge in [-0.1, -0.05) is 48.5 Å². The highest BCUT2D eigenvalue weighted by Crippen LogP contribution is 2.44. The second-order valence-electron chi connectivity index (χ2n) is 8.18. The number of aromatic nitrogens is 2. The molecule has 0 unspecified atom stereocenters. The third kappa shape index (κ3) is 5.02. The number of amides is 2. The average molecular weight is 479 g/mol. The molecular formula is C25H26N4O6. The van der Waals surface area contributed by atoms with E-state index in [-0.39, 0.29) is 37.7 Å². The van der Waals surface area contributed by atoms with Crippen molar-refractivity contribution in [3.8, 4) is 11.1 Å². The van der Waals surface area contributed by atoms with Gasteiger partial charge in [-0.2, -0.15) is 5.10 Å². The smallest absolute Gasteiger partial charge is 0.407 e. The Morgan fingerprint density at radius 2 is 1.71 bits per heavy atom. The summed E-state index contributed by atoms with van der Waals surface area (Å²) >= 11 is 0. The summed E-state index contributed by atoms with van der Waals surface area (Å²) in [6, 6.07) is 14.8. The summed E-state index contributed by atoms with van der Waals surface area (Å²) in [6.07, 6.45) is 0.513. The highest BCUT2D eigenvalue weighted by Gasteiger charge is 2.29. The number of aliphatic carboxylic acids is 1. The first kappa shape index (κ1) is 24.0. The van der Waals surface area contributed by atoms with E-state index < -0.39 is 24.0 Å². The van der Waals surface area contributed by atoms with Crippen LogP contribution in [0.3, 0.4) is 0 Å². The molecular weight excluding hydrogens is 452 g/mol. The SMILES string of the molecule is Cn1ncc(C(=O)N[C@H](CCO)C(=O)O)c1CNC(=O)OCC1c2ccccc2-c2ccccc21. The van der Waals surface area contributed by atoms with E-state index in [0.717, 1.165) is 22.3 Å². The lowest BCUT2D eigenvalue weighted by Crippen LogP contribution is -2.41. The Hall–Kier alpha value is -4.18. The fourth-order valence-corrected chi connectivity index (χ4v) is 4.29. The number of carbonyl (C=O) groups excluding carboxylic acids is 2. The van der Waals surface area contributed by atoms with Crippen molar-refractivity contribution >= 4 is 18.0 Å². The molecule has 1 atom stereocenters. The number of aryl methyl sites for hydroxylation is 1. The first-order valence-electron chi connectivity index (χ1n) is 11.1. The van der Waals surface area contributed by atoms with Gasteiger partial charge in [0.2, 0.25) is 0 Å². The van der Waals surface area contributed by atoms with E-state index in [4.69, 9.17) is 9.84 Å². The maximum absolute atomic E-state index is 12.6. The fourth-order valence-electron chi connectivity index (χ4n) is 4.29. The lowest BCUT2D eigenvalue weighted by atomic mass is 9.98. The molecule has 0 aliphatic heterocycles. The van der Waals surface area contributed by atoms with E-state index in [1.54, 1.807) is 7.05 Å². The number of nitrogens with one attached hydrogen (secondary N) is 2. The number of carbonyl (C=O) groups is 3. The quantitative estimate of drug-likeness (QED) is 0.368. The molecule has 10 heteroatoms. The lowest BCUT2D eigenvalue weighted by Gasteiger charge is -2.15. The van der Waals surface area contributed by atoms with Crippen LogP contribution in [0.5, 0.6) is 0 Å². The highest BCUT2D eigenvalue weighted by molar-refractivity contribution is 5.97. The number of carboxylic acid groups (broad SMARTS) is 1. The van der Waals surface area contributed by atoms with E-state index in [1.165, 1.54) is 10.9 Å². The molecule has 4 N–H and O–H groups in total. The van der Waals surface area contributed by atoms with Crippen LogP contribution in [-0.4, -0.2) is 57.2 Å². The topological polar surface area (TPSA) is 143 Å². The summed E-state index contributed by atoms with van der Waals surface area (Å²) in [7, 11) is 1.61. The summed E-state index contributed by atoms with van der Waals surface area (Å²) in [5, 5.41) is 27.3. The summed E-state index contributed by atoms with van der Waals surface area (Å²) in [5.74, 6) is -2.00. The summed E-state index contributed by atoms with van der Waals surface area (Å²) in [6.45, 7) is -0.284. The minimum atomic E-state index is -1.25. The molecule has 2 aromatic carbocycles. The summed E-state index contributed by atoms with van der Waals surface area (Å²) in [5.41, 5.74) is 4.96. The van der Waals surface area contributed by atoms with Crippen molar-refractivity contribution in [1.29, 1.82) is 0 Å². The Morgan fingerprint density at radius 3 is 2.31 bits per heavy atom. The lowest BCUT2D eigenvalue weighted by molar-refractivity contribution is -0.139. The van der Waals surface area contributed by atoms with Crippen molar-refractivity contribution in [3.05, 3.63) is 77.1 Å². The number of hydrogen-bond donors (Lipinski definition) is 4. The minimum absolute atomic E-state index is 0.0480. The Balaban J connectivity index is 1.38. The van der Waals surface area contributed by atoms with E-state index in [1.807, 2.05) is 36.4 Å². The standard InChI is InChI=1S/C25H26N4O6/c1-29-22(19(12-27-29)23(31)28-21(10-11-30)24(32)33)13-26-25(34)35-14-20-17-8-4-2-6-15(17)16-7-3-5-9-18(16)20/h2-9,12,20-21,30H,10-11,13-14H2,1H3,(H,26,34)(H,28,31)(H,32,33)/t21-/m1/s1. The molecule has 0 saturated carbocycles. The number of alkyl carbamates (subject to hydrolysis) is 1. The number of fused-ring (bicyclic) bond motifs is 3. The molecule has 1 aliphatic carbocycles. The van der Waals surface area contributed by atoms with Crippen LogP contribution < -0.4 is 10.6 Å². The number of benzene rings is 2. The van der Waals surface area contributed by atoms with Crippen molar-refractivity contribution in [2.24, 2.45) is 7.05 Å². The molecule has 2 amide bonds. The van der Waals surface area contributed by atoms with E-state index >= 15 is 0 Å². The van der Waals surface area contributed by atoms with Crippen molar-refractivity contribution in [1.82, 2.24) is 20.4 Å². The van der Waals surface area contributed by atoms with Gasteiger partial charge in [-0.15, -0.1) is 0 Å². The molecule has 0 bridgehead atoms. The van der Waals surface area contributed by atoms with Gasteiger partial charge in [-0.25, -0.2) is 9.59 Å². The van der Waals surface area contributed by atoms with Gasteiger partial charge < -0.3 is 25.6 Å². The van der Waals surface area contributed by atoms with E-state index in [9.17, 15) is 19.5 Å². The zero-order valence-corrected chi connectivity index (χ0v) is 19.1. The molecule has 0 radical (unpaired) electrons. The molecule has 0 spiro atoms. The minimum Gasteiger partial charge on any atom is -0.480 e. The third-order valence-electron chi connectivity index (χ3n) is 6.07. The maximum atomic E-state index is 12.6. The van der Waals surface area contributed by atoms with Crippen LogP contribution >= 0.6 is 0 Å². The molecule has 0 fully saturated rings. The van der Waals surface area contributed by atoms with Crippen LogP contribution in [0.25, 0.3) is 11.1 Å². The van der Waals surface area contributed by atoms with Gasteiger partial charge in [0, 0.05) is 26.0 Å². The van der Waals surface area contributed by atoms with Crippen LogP contribution in [0, 0.1) is 0 Å². The van der Waals surface area contributed by atoms with Gasteiger partial charge in [-0.05, 0) is 22.3 Å². The number of aliphatic hydroxyl groups excluding tert-OH is 1.